The zero-order chi connectivity index (χ0) is 7.40. The van der Waals surface area contributed by atoms with Gasteiger partial charge in [-0.05, 0) is 11.9 Å². The molecule has 1 heterocycles. The van der Waals surface area contributed by atoms with E-state index in [0.717, 1.165) is 23.3 Å². The van der Waals surface area contributed by atoms with Crippen molar-refractivity contribution >= 4 is 35.3 Å². The number of nitro groups is 1. The molecule has 8 heteroatoms. The van der Waals surface area contributed by atoms with E-state index in [1.165, 1.54) is 11.9 Å². The lowest BCUT2D eigenvalue weighted by molar-refractivity contribution is -0.489. The first-order valence-electron chi connectivity index (χ1n) is 2.29. The molecule has 0 saturated carbocycles. The maximum atomic E-state index is 10.2. The van der Waals surface area contributed by atoms with Gasteiger partial charge < -0.3 is 0 Å². The number of rotatable bonds is 1. The number of nitrogens with zero attached hydrogens (tertiary/aromatic N) is 3. The van der Waals surface area contributed by atoms with Crippen LogP contribution in [0.25, 0.3) is 0 Å². The van der Waals surface area contributed by atoms with Crippen molar-refractivity contribution in [3.8, 4) is 0 Å². The minimum Gasteiger partial charge on any atom is -0.263 e. The van der Waals surface area contributed by atoms with Gasteiger partial charge in [0.25, 0.3) is 5.37 Å². The molecule has 0 aromatic carbocycles. The first kappa shape index (κ1) is 8.02. The molecule has 1 aliphatic heterocycles. The van der Waals surface area contributed by atoms with Crippen LogP contribution in [-0.4, -0.2) is 16.1 Å². The monoisotopic (exact) mass is 197 g/mol. The van der Waals surface area contributed by atoms with Gasteiger partial charge in [-0.1, -0.05) is 0 Å². The van der Waals surface area contributed by atoms with Crippen molar-refractivity contribution in [2.75, 3.05) is 5.75 Å². The Kier molecular flexibility index (Phi) is 3.16. The zero-order valence-electron chi connectivity index (χ0n) is 4.67. The summed E-state index contributed by atoms with van der Waals surface area (Å²) in [5, 5.41) is 9.53. The van der Waals surface area contributed by atoms with Crippen LogP contribution in [0.4, 0.5) is 0 Å². The molecule has 56 valence electrons. The second-order valence-electron chi connectivity index (χ2n) is 1.37. The highest BCUT2D eigenvalue weighted by Gasteiger charge is 2.21. The topological polar surface area (TPSA) is 67.9 Å². The highest BCUT2D eigenvalue weighted by atomic mass is 32.2. The summed E-state index contributed by atoms with van der Waals surface area (Å²) in [6.07, 6.45) is 0. The zero-order valence-corrected chi connectivity index (χ0v) is 7.12. The van der Waals surface area contributed by atoms with Crippen LogP contribution in [-0.2, 0) is 11.4 Å². The lowest BCUT2D eigenvalue weighted by Gasteiger charge is -1.98. The SMILES string of the molecule is O=[N+]([O-])C1CSN=S=NS1. The molecule has 0 amide bonds. The average Bonchev–Trinajstić information content (AvgIpc) is 2.12. The van der Waals surface area contributed by atoms with Crippen molar-refractivity contribution in [1.82, 2.24) is 0 Å². The summed E-state index contributed by atoms with van der Waals surface area (Å²) in [5.74, 6) is 0.397. The van der Waals surface area contributed by atoms with Gasteiger partial charge in [-0.25, -0.2) is 0 Å². The molecular formula is C2H3N3O2S3. The van der Waals surface area contributed by atoms with E-state index >= 15 is 0 Å². The largest absolute Gasteiger partial charge is 0.290 e. The van der Waals surface area contributed by atoms with Crippen LogP contribution in [0.1, 0.15) is 0 Å². The standard InChI is InChI=1S/C2H3N3O2S3/c6-5(7)2-1-8-3-10-4-9-2/h2H,1H2. The number of hydrogen-bond acceptors (Lipinski definition) is 6. The summed E-state index contributed by atoms with van der Waals surface area (Å²) in [5.41, 5.74) is 0. The fourth-order valence-electron chi connectivity index (χ4n) is 0.330. The molecule has 0 aromatic rings. The Morgan fingerprint density at radius 1 is 1.60 bits per heavy atom. The van der Waals surface area contributed by atoms with Gasteiger partial charge in [0.2, 0.25) is 0 Å². The molecule has 0 radical (unpaired) electrons. The van der Waals surface area contributed by atoms with Crippen molar-refractivity contribution < 1.29 is 4.92 Å². The fourth-order valence-corrected chi connectivity index (χ4v) is 2.42. The van der Waals surface area contributed by atoms with Gasteiger partial charge in [-0.2, -0.15) is 0 Å². The third-order valence-corrected chi connectivity index (χ3v) is 3.29. The molecule has 1 rings (SSSR count). The first-order chi connectivity index (χ1) is 4.80. The van der Waals surface area contributed by atoms with Crippen LogP contribution in [0.5, 0.6) is 0 Å². The first-order valence-corrected chi connectivity index (χ1v) is 4.80. The summed E-state index contributed by atoms with van der Waals surface area (Å²) < 4.78 is 7.42. The molecule has 0 aliphatic carbocycles. The predicted octanol–water partition coefficient (Wildman–Crippen LogP) is 1.35. The second-order valence-corrected chi connectivity index (χ2v) is 4.07. The van der Waals surface area contributed by atoms with Gasteiger partial charge in [0.1, 0.15) is 0 Å². The Labute approximate surface area is 69.3 Å². The molecule has 0 N–H and O–H groups in total. The van der Waals surface area contributed by atoms with Crippen molar-refractivity contribution in [1.29, 1.82) is 0 Å². The maximum Gasteiger partial charge on any atom is 0.290 e. The normalized spacial score (nSPS) is 25.0. The molecule has 1 aliphatic rings. The van der Waals surface area contributed by atoms with Crippen LogP contribution < -0.4 is 0 Å². The summed E-state index contributed by atoms with van der Waals surface area (Å²) in [7, 11) is 0. The predicted molar refractivity (Wildman–Crippen MR) is 43.1 cm³/mol. The van der Waals surface area contributed by atoms with E-state index in [9.17, 15) is 10.1 Å². The lowest BCUT2D eigenvalue weighted by atomic mass is 10.8. The van der Waals surface area contributed by atoms with Gasteiger partial charge in [0.05, 0.1) is 29.1 Å². The maximum absolute atomic E-state index is 10.2. The van der Waals surface area contributed by atoms with Crippen LogP contribution in [0.3, 0.4) is 0 Å². The molecule has 1 unspecified atom stereocenters. The van der Waals surface area contributed by atoms with Gasteiger partial charge >= 0.3 is 0 Å². The summed E-state index contributed by atoms with van der Waals surface area (Å²) >= 11 is 3.16. The highest BCUT2D eigenvalue weighted by Crippen LogP contribution is 2.20. The Morgan fingerprint density at radius 3 is 3.10 bits per heavy atom. The van der Waals surface area contributed by atoms with E-state index < -0.39 is 5.37 Å². The van der Waals surface area contributed by atoms with Crippen LogP contribution in [0, 0.1) is 10.1 Å². The molecule has 0 spiro atoms. The summed E-state index contributed by atoms with van der Waals surface area (Å²) in [6.45, 7) is 0. The van der Waals surface area contributed by atoms with Gasteiger partial charge in [0.15, 0.2) is 0 Å². The number of hydrogen-bond donors (Lipinski definition) is 0. The lowest BCUT2D eigenvalue weighted by Crippen LogP contribution is -2.16. The minimum atomic E-state index is -0.635. The molecule has 0 bridgehead atoms. The van der Waals surface area contributed by atoms with Gasteiger partial charge in [-0.3, -0.25) is 10.1 Å². The Balaban J connectivity index is 2.51. The van der Waals surface area contributed by atoms with E-state index in [1.54, 1.807) is 0 Å². The molecule has 10 heavy (non-hydrogen) atoms. The van der Waals surface area contributed by atoms with E-state index in [-0.39, 0.29) is 4.92 Å². The quantitative estimate of drug-likeness (QED) is 0.361. The third-order valence-electron chi connectivity index (χ3n) is 0.736. The Morgan fingerprint density at radius 2 is 2.40 bits per heavy atom. The van der Waals surface area contributed by atoms with Gasteiger partial charge in [-0.15, -0.1) is 7.54 Å². The van der Waals surface area contributed by atoms with Crippen LogP contribution in [0.2, 0.25) is 0 Å². The van der Waals surface area contributed by atoms with Crippen molar-refractivity contribution in [2.45, 2.75) is 5.37 Å². The van der Waals surface area contributed by atoms with E-state index in [2.05, 4.69) is 7.54 Å². The smallest absolute Gasteiger partial charge is 0.263 e. The van der Waals surface area contributed by atoms with Crippen molar-refractivity contribution in [3.63, 3.8) is 0 Å². The third kappa shape index (κ3) is 2.27. The second kappa shape index (κ2) is 3.94. The van der Waals surface area contributed by atoms with Crippen LogP contribution >= 0.6 is 23.9 Å². The van der Waals surface area contributed by atoms with Gasteiger partial charge in [0, 0.05) is 4.92 Å². The minimum absolute atomic E-state index is 0.345. The average molecular weight is 197 g/mol. The van der Waals surface area contributed by atoms with Crippen LogP contribution in [0.15, 0.2) is 7.54 Å². The van der Waals surface area contributed by atoms with E-state index in [0.29, 0.717) is 5.75 Å². The molecule has 0 aromatic heterocycles. The molecule has 5 nitrogen and oxygen atoms in total. The summed E-state index contributed by atoms with van der Waals surface area (Å²) in [4.78, 5) is 9.82. The summed E-state index contributed by atoms with van der Waals surface area (Å²) in [6, 6.07) is 0. The Bertz CT molecular complexity index is 200. The molecule has 0 fully saturated rings. The van der Waals surface area contributed by atoms with E-state index in [1.807, 2.05) is 0 Å². The fraction of sp³-hybridized carbons (Fsp3) is 1.00. The Hall–Kier alpha value is -0.0800. The highest BCUT2D eigenvalue weighted by molar-refractivity contribution is 8.07. The molecule has 1 atom stereocenters. The molecule has 0 saturated heterocycles. The van der Waals surface area contributed by atoms with E-state index in [4.69, 9.17) is 0 Å². The van der Waals surface area contributed by atoms with Crippen molar-refractivity contribution in [2.24, 2.45) is 7.54 Å². The molecular weight excluding hydrogens is 194 g/mol. The van der Waals surface area contributed by atoms with Crippen molar-refractivity contribution in [3.05, 3.63) is 10.1 Å².